The van der Waals surface area contributed by atoms with Crippen molar-refractivity contribution >= 4 is 11.8 Å². The van der Waals surface area contributed by atoms with Crippen LogP contribution in [0.15, 0.2) is 30.3 Å². The lowest BCUT2D eigenvalue weighted by Gasteiger charge is -2.28. The summed E-state index contributed by atoms with van der Waals surface area (Å²) in [4.78, 5) is 23.9. The van der Waals surface area contributed by atoms with Gasteiger partial charge in [0.25, 0.3) is 0 Å². The van der Waals surface area contributed by atoms with Gasteiger partial charge in [-0.2, -0.15) is 0 Å². The van der Waals surface area contributed by atoms with Gasteiger partial charge in [0.1, 0.15) is 0 Å². The van der Waals surface area contributed by atoms with Crippen LogP contribution in [0.3, 0.4) is 0 Å². The predicted molar refractivity (Wildman–Crippen MR) is 66.3 cm³/mol. The molecule has 0 fully saturated rings. The lowest BCUT2D eigenvalue weighted by Crippen LogP contribution is -2.52. The molecule has 0 spiro atoms. The van der Waals surface area contributed by atoms with E-state index in [9.17, 15) is 9.59 Å². The Morgan fingerprint density at radius 1 is 1.24 bits per heavy atom. The summed E-state index contributed by atoms with van der Waals surface area (Å²) in [5, 5.41) is 2.68. The molecule has 0 saturated carbocycles. The van der Waals surface area contributed by atoms with Crippen LogP contribution < -0.4 is 11.1 Å². The molecule has 4 nitrogen and oxygen atoms in total. The summed E-state index contributed by atoms with van der Waals surface area (Å²) in [7, 11) is 0. The molecule has 1 atom stereocenters. The third-order valence-corrected chi connectivity index (χ3v) is 2.94. The van der Waals surface area contributed by atoms with E-state index in [4.69, 9.17) is 5.73 Å². The molecule has 0 saturated heterocycles. The largest absolute Gasteiger partial charge is 0.368 e. The first kappa shape index (κ1) is 13.2. The quantitative estimate of drug-likeness (QED) is 0.745. The highest BCUT2D eigenvalue weighted by Gasteiger charge is 2.44. The minimum absolute atomic E-state index is 0.332. The van der Waals surface area contributed by atoms with Gasteiger partial charge in [0.2, 0.25) is 11.8 Å². The van der Waals surface area contributed by atoms with Crippen molar-refractivity contribution in [2.24, 2.45) is 5.73 Å². The highest BCUT2D eigenvalue weighted by atomic mass is 16.2. The molecule has 1 aromatic rings. The van der Waals surface area contributed by atoms with E-state index in [1.807, 2.05) is 13.0 Å². The zero-order valence-electron chi connectivity index (χ0n) is 10.2. The standard InChI is InChI=1S/C13H18N2O2/c1-3-13(11(14)16,12(17)15-4-2)10-8-6-5-7-9-10/h5-9H,3-4H2,1-2H3,(H2,14,16)(H,15,17). The number of carbonyl (C=O) groups is 2. The number of benzene rings is 1. The Hall–Kier alpha value is -1.84. The van der Waals surface area contributed by atoms with Crippen molar-refractivity contribution < 1.29 is 9.59 Å². The van der Waals surface area contributed by atoms with Crippen LogP contribution in [0.25, 0.3) is 0 Å². The number of primary amides is 1. The molecule has 0 bridgehead atoms. The summed E-state index contributed by atoms with van der Waals surface area (Å²) in [6, 6.07) is 8.93. The summed E-state index contributed by atoms with van der Waals surface area (Å²) >= 11 is 0. The Bertz CT molecular complexity index is 403. The first-order chi connectivity index (χ1) is 8.09. The summed E-state index contributed by atoms with van der Waals surface area (Å²) < 4.78 is 0. The maximum absolute atomic E-state index is 12.1. The van der Waals surface area contributed by atoms with Crippen molar-refractivity contribution in [1.29, 1.82) is 0 Å². The molecule has 0 aliphatic rings. The second-order valence-electron chi connectivity index (χ2n) is 3.85. The van der Waals surface area contributed by atoms with E-state index in [0.717, 1.165) is 0 Å². The predicted octanol–water partition coefficient (Wildman–Crippen LogP) is 0.956. The lowest BCUT2D eigenvalue weighted by molar-refractivity contribution is -0.136. The number of nitrogens with one attached hydrogen (secondary N) is 1. The number of rotatable bonds is 5. The molecule has 1 rings (SSSR count). The van der Waals surface area contributed by atoms with Gasteiger partial charge >= 0.3 is 0 Å². The summed E-state index contributed by atoms with van der Waals surface area (Å²) in [5.74, 6) is -0.946. The van der Waals surface area contributed by atoms with Crippen LogP contribution in [0.5, 0.6) is 0 Å². The van der Waals surface area contributed by atoms with E-state index in [1.165, 1.54) is 0 Å². The molecule has 0 aliphatic carbocycles. The zero-order valence-corrected chi connectivity index (χ0v) is 10.2. The van der Waals surface area contributed by atoms with Crippen molar-refractivity contribution in [2.45, 2.75) is 25.7 Å². The Morgan fingerprint density at radius 3 is 2.24 bits per heavy atom. The molecule has 92 valence electrons. The maximum Gasteiger partial charge on any atom is 0.240 e. The van der Waals surface area contributed by atoms with E-state index in [-0.39, 0.29) is 5.91 Å². The fourth-order valence-corrected chi connectivity index (χ4v) is 1.96. The van der Waals surface area contributed by atoms with Crippen LogP contribution in [0.4, 0.5) is 0 Å². The number of nitrogens with two attached hydrogens (primary N) is 1. The van der Waals surface area contributed by atoms with E-state index in [1.54, 1.807) is 31.2 Å². The summed E-state index contributed by atoms with van der Waals surface area (Å²) in [6.07, 6.45) is 0.345. The van der Waals surface area contributed by atoms with Crippen LogP contribution in [-0.4, -0.2) is 18.4 Å². The van der Waals surface area contributed by atoms with Gasteiger partial charge in [-0.15, -0.1) is 0 Å². The molecule has 1 aromatic carbocycles. The minimum Gasteiger partial charge on any atom is -0.368 e. The van der Waals surface area contributed by atoms with Crippen LogP contribution in [0.1, 0.15) is 25.8 Å². The van der Waals surface area contributed by atoms with Gasteiger partial charge in [0.15, 0.2) is 5.41 Å². The molecule has 3 N–H and O–H groups in total. The van der Waals surface area contributed by atoms with Gasteiger partial charge in [-0.3, -0.25) is 9.59 Å². The van der Waals surface area contributed by atoms with Crippen molar-refractivity contribution in [3.63, 3.8) is 0 Å². The molecule has 2 amide bonds. The first-order valence-electron chi connectivity index (χ1n) is 5.73. The van der Waals surface area contributed by atoms with Crippen molar-refractivity contribution in [3.05, 3.63) is 35.9 Å². The van der Waals surface area contributed by atoms with Gasteiger partial charge in [-0.05, 0) is 18.9 Å². The molecule has 0 heterocycles. The van der Waals surface area contributed by atoms with Crippen LogP contribution in [0, 0.1) is 0 Å². The monoisotopic (exact) mass is 234 g/mol. The molecular formula is C13H18N2O2. The van der Waals surface area contributed by atoms with Gasteiger partial charge < -0.3 is 11.1 Å². The second-order valence-corrected chi connectivity index (χ2v) is 3.85. The van der Waals surface area contributed by atoms with Crippen molar-refractivity contribution in [1.82, 2.24) is 5.32 Å². The van der Waals surface area contributed by atoms with E-state index in [2.05, 4.69) is 5.32 Å². The zero-order chi connectivity index (χ0) is 12.9. The number of likely N-dealkylation sites (N-methyl/N-ethyl adjacent to an activating group) is 1. The molecule has 17 heavy (non-hydrogen) atoms. The van der Waals surface area contributed by atoms with Crippen molar-refractivity contribution in [3.8, 4) is 0 Å². The average molecular weight is 234 g/mol. The third-order valence-electron chi connectivity index (χ3n) is 2.94. The molecular weight excluding hydrogens is 216 g/mol. The first-order valence-corrected chi connectivity index (χ1v) is 5.73. The second kappa shape index (κ2) is 5.48. The van der Waals surface area contributed by atoms with Gasteiger partial charge in [0.05, 0.1) is 0 Å². The SMILES string of the molecule is CCNC(=O)C(CC)(C(N)=O)c1ccccc1. The highest BCUT2D eigenvalue weighted by molar-refractivity contribution is 6.10. The topological polar surface area (TPSA) is 72.2 Å². The Morgan fingerprint density at radius 2 is 1.82 bits per heavy atom. The lowest BCUT2D eigenvalue weighted by atomic mass is 9.76. The van der Waals surface area contributed by atoms with E-state index >= 15 is 0 Å². The summed E-state index contributed by atoms with van der Waals surface area (Å²) in [5.41, 5.74) is 4.82. The number of hydrogen-bond donors (Lipinski definition) is 2. The van der Waals surface area contributed by atoms with E-state index < -0.39 is 11.3 Å². The highest BCUT2D eigenvalue weighted by Crippen LogP contribution is 2.28. The average Bonchev–Trinajstić information content (AvgIpc) is 2.32. The number of carbonyl (C=O) groups excluding carboxylic acids is 2. The molecule has 1 unspecified atom stereocenters. The Labute approximate surface area is 101 Å². The molecule has 0 aromatic heterocycles. The van der Waals surface area contributed by atoms with Crippen LogP contribution in [0.2, 0.25) is 0 Å². The minimum atomic E-state index is -1.27. The van der Waals surface area contributed by atoms with Crippen molar-refractivity contribution in [2.75, 3.05) is 6.54 Å². The molecule has 4 heteroatoms. The smallest absolute Gasteiger partial charge is 0.240 e. The Kier molecular flexibility index (Phi) is 4.26. The van der Waals surface area contributed by atoms with Crippen LogP contribution in [-0.2, 0) is 15.0 Å². The fourth-order valence-electron chi connectivity index (χ4n) is 1.96. The van der Waals surface area contributed by atoms with Gasteiger partial charge in [0, 0.05) is 6.54 Å². The molecule has 0 radical (unpaired) electrons. The van der Waals surface area contributed by atoms with Crippen LogP contribution >= 0.6 is 0 Å². The Balaban J connectivity index is 3.28. The number of hydrogen-bond acceptors (Lipinski definition) is 2. The molecule has 0 aliphatic heterocycles. The van der Waals surface area contributed by atoms with Gasteiger partial charge in [-0.25, -0.2) is 0 Å². The number of amides is 2. The fraction of sp³-hybridized carbons (Fsp3) is 0.385. The van der Waals surface area contributed by atoms with Gasteiger partial charge in [-0.1, -0.05) is 37.3 Å². The summed E-state index contributed by atoms with van der Waals surface area (Å²) in [6.45, 7) is 4.07. The van der Waals surface area contributed by atoms with E-state index in [0.29, 0.717) is 18.5 Å². The maximum atomic E-state index is 12.1. The third kappa shape index (κ3) is 2.30. The normalized spacial score (nSPS) is 13.8.